The first-order valence-electron chi connectivity index (χ1n) is 11.5. The quantitative estimate of drug-likeness (QED) is 0.545. The van der Waals surface area contributed by atoms with E-state index in [1.807, 2.05) is 36.5 Å². The van der Waals surface area contributed by atoms with Gasteiger partial charge >= 0.3 is 0 Å². The molecule has 7 rings (SSSR count). The van der Waals surface area contributed by atoms with Gasteiger partial charge < -0.3 is 0 Å². The van der Waals surface area contributed by atoms with Crippen molar-refractivity contribution in [2.24, 2.45) is 34.1 Å². The molecule has 0 aromatic carbocycles. The third kappa shape index (κ3) is 3.54. The fourth-order valence-electron chi connectivity index (χ4n) is 4.54. The SMILES string of the molecule is C[n+]1ccsc1C1=C2C=CC(=N2)C=C2C=CC(=N2)C(c2scc[n+]2C)=C2C=CC(=N2)C=C2C=CC1=N2. The van der Waals surface area contributed by atoms with Gasteiger partial charge in [0.25, 0.3) is 10.0 Å². The van der Waals surface area contributed by atoms with E-state index in [-0.39, 0.29) is 0 Å². The number of aryl methyl sites for hydroxylation is 2. The van der Waals surface area contributed by atoms with Crippen LogP contribution in [0.2, 0.25) is 0 Å². The third-order valence-electron chi connectivity index (χ3n) is 6.26. The first-order valence-corrected chi connectivity index (χ1v) is 13.2. The highest BCUT2D eigenvalue weighted by Crippen LogP contribution is 2.32. The lowest BCUT2D eigenvalue weighted by atomic mass is 10.1. The minimum atomic E-state index is 0.869. The molecular weight excluding hydrogens is 484 g/mol. The summed E-state index contributed by atoms with van der Waals surface area (Å²) in [7, 11) is 4.10. The van der Waals surface area contributed by atoms with Crippen LogP contribution in [0.4, 0.5) is 0 Å². The first kappa shape index (κ1) is 21.2. The molecule has 0 amide bonds. The number of thiazole rings is 2. The van der Waals surface area contributed by atoms with Crippen molar-refractivity contribution in [1.82, 2.24) is 0 Å². The average molecular weight is 505 g/mol. The maximum atomic E-state index is 4.97. The zero-order chi connectivity index (χ0) is 24.2. The van der Waals surface area contributed by atoms with Gasteiger partial charge in [-0.15, -0.1) is 0 Å². The highest BCUT2D eigenvalue weighted by Gasteiger charge is 2.28. The van der Waals surface area contributed by atoms with Gasteiger partial charge in [-0.2, -0.15) is 9.13 Å². The van der Waals surface area contributed by atoms with Crippen LogP contribution < -0.4 is 9.13 Å². The van der Waals surface area contributed by atoms with Crippen LogP contribution in [0.1, 0.15) is 10.0 Å². The van der Waals surface area contributed by atoms with Gasteiger partial charge in [0.05, 0.1) is 56.4 Å². The third-order valence-corrected chi connectivity index (χ3v) is 8.21. The summed E-state index contributed by atoms with van der Waals surface area (Å²) in [6.07, 6.45) is 24.6. The Bertz CT molecular complexity index is 1610. The molecule has 0 spiro atoms. The molecule has 0 N–H and O–H groups in total. The fourth-order valence-corrected chi connectivity index (χ4v) is 6.39. The van der Waals surface area contributed by atoms with Gasteiger partial charge in [0.1, 0.15) is 25.2 Å². The van der Waals surface area contributed by atoms with E-state index in [0.717, 1.165) is 66.8 Å². The van der Waals surface area contributed by atoms with Crippen LogP contribution in [-0.2, 0) is 14.1 Å². The molecule has 5 aliphatic rings. The van der Waals surface area contributed by atoms with Crippen molar-refractivity contribution in [3.63, 3.8) is 0 Å². The molecule has 5 aliphatic heterocycles. The van der Waals surface area contributed by atoms with Crippen molar-refractivity contribution < 1.29 is 9.13 Å². The fraction of sp³-hybridized carbons (Fsp3) is 0.0714. The Labute approximate surface area is 216 Å². The smallest absolute Gasteiger partial charge is 0.248 e. The average Bonchev–Trinajstić information content (AvgIpc) is 3.68. The van der Waals surface area contributed by atoms with Crippen molar-refractivity contribution >= 4 is 56.7 Å². The first-order chi connectivity index (χ1) is 17.6. The Morgan fingerprint density at radius 1 is 0.556 bits per heavy atom. The van der Waals surface area contributed by atoms with Crippen molar-refractivity contribution in [2.45, 2.75) is 0 Å². The molecule has 0 saturated carbocycles. The predicted molar refractivity (Wildman–Crippen MR) is 147 cm³/mol. The number of hydrogen-bond donors (Lipinski definition) is 0. The summed E-state index contributed by atoms with van der Waals surface area (Å²) in [5.74, 6) is 0. The number of rotatable bonds is 2. The number of allylic oxidation sites excluding steroid dienone is 12. The summed E-state index contributed by atoms with van der Waals surface area (Å²) >= 11 is 3.37. The molecule has 0 unspecified atom stereocenters. The highest BCUT2D eigenvalue weighted by atomic mass is 32.1. The Kier molecular flexibility index (Phi) is 4.83. The number of aliphatic imine (C=N–C) groups is 4. The lowest BCUT2D eigenvalue weighted by molar-refractivity contribution is -0.668. The van der Waals surface area contributed by atoms with Crippen molar-refractivity contribution in [3.8, 4) is 0 Å². The van der Waals surface area contributed by atoms with Gasteiger partial charge in [-0.1, -0.05) is 22.7 Å². The molecule has 172 valence electrons. The number of aromatic nitrogens is 2. The molecule has 0 fully saturated rings. The summed E-state index contributed by atoms with van der Waals surface area (Å²) in [6, 6.07) is 0. The van der Waals surface area contributed by atoms with E-state index in [4.69, 9.17) is 20.0 Å². The summed E-state index contributed by atoms with van der Waals surface area (Å²) in [4.78, 5) is 19.9. The van der Waals surface area contributed by atoms with E-state index in [1.54, 1.807) is 22.7 Å². The monoisotopic (exact) mass is 504 g/mol. The van der Waals surface area contributed by atoms with E-state index in [2.05, 4.69) is 70.7 Å². The molecule has 2 aromatic heterocycles. The summed E-state index contributed by atoms with van der Waals surface area (Å²) in [6.45, 7) is 0. The van der Waals surface area contributed by atoms with E-state index in [0.29, 0.717) is 0 Å². The van der Waals surface area contributed by atoms with Crippen LogP contribution in [0, 0.1) is 0 Å². The molecule has 7 heterocycles. The lowest BCUT2D eigenvalue weighted by Gasteiger charge is -2.04. The van der Waals surface area contributed by atoms with Gasteiger partial charge in [-0.25, -0.2) is 20.0 Å². The van der Waals surface area contributed by atoms with Gasteiger partial charge in [-0.3, -0.25) is 0 Å². The number of nitrogens with zero attached hydrogens (tertiary/aromatic N) is 6. The number of hydrogen-bond acceptors (Lipinski definition) is 6. The molecule has 0 saturated heterocycles. The normalized spacial score (nSPS) is 19.7. The van der Waals surface area contributed by atoms with Crippen molar-refractivity contribution in [1.29, 1.82) is 0 Å². The second kappa shape index (κ2) is 8.22. The second-order valence-corrected chi connectivity index (χ2v) is 10.5. The van der Waals surface area contributed by atoms with E-state index < -0.39 is 0 Å². The molecular formula is C28H20N6S2+2. The van der Waals surface area contributed by atoms with Gasteiger partial charge in [0, 0.05) is 0 Å². The minimum Gasteiger partial charge on any atom is -0.248 e. The lowest BCUT2D eigenvalue weighted by Crippen LogP contribution is -2.30. The molecule has 0 aliphatic carbocycles. The van der Waals surface area contributed by atoms with Crippen LogP contribution in [0.5, 0.6) is 0 Å². The van der Waals surface area contributed by atoms with Gasteiger partial charge in [0.2, 0.25) is 0 Å². The molecule has 6 nitrogen and oxygen atoms in total. The highest BCUT2D eigenvalue weighted by molar-refractivity contribution is 7.11. The zero-order valence-corrected chi connectivity index (χ0v) is 21.2. The largest absolute Gasteiger partial charge is 0.273 e. The van der Waals surface area contributed by atoms with Crippen LogP contribution in [-0.4, -0.2) is 22.8 Å². The van der Waals surface area contributed by atoms with Crippen LogP contribution >= 0.6 is 22.7 Å². The minimum absolute atomic E-state index is 0.869. The molecule has 36 heavy (non-hydrogen) atoms. The molecule has 2 aromatic rings. The van der Waals surface area contributed by atoms with E-state index in [1.165, 1.54) is 0 Å². The second-order valence-electron chi connectivity index (χ2n) is 8.70. The van der Waals surface area contributed by atoms with Crippen molar-refractivity contribution in [2.75, 3.05) is 0 Å². The Morgan fingerprint density at radius 2 is 1.03 bits per heavy atom. The van der Waals surface area contributed by atoms with Crippen LogP contribution in [0.25, 0.3) is 11.1 Å². The maximum Gasteiger partial charge on any atom is 0.273 e. The summed E-state index contributed by atoms with van der Waals surface area (Å²) in [5.41, 5.74) is 9.11. The topological polar surface area (TPSA) is 57.2 Å². The molecule has 8 bridgehead atoms. The standard InChI is InChI=1S/C28H20N6S2/c1-33-11-13-35-27(33)25-21-7-3-17(29-21)15-19-5-9-23(31-19)26(28-34(2)12-14-36-28)24-10-6-20(32-24)16-18-4-8-22(25)30-18/h3-16H,1-2H3/q+2. The molecule has 8 heteroatoms. The Balaban J connectivity index is 1.46. The number of fused-ring (bicyclic) bond motifs is 4. The van der Waals surface area contributed by atoms with Crippen molar-refractivity contribution in [3.05, 3.63) is 117 Å². The Hall–Kier alpha value is -4.14. The van der Waals surface area contributed by atoms with E-state index in [9.17, 15) is 0 Å². The van der Waals surface area contributed by atoms with Gasteiger partial charge in [0.15, 0.2) is 12.4 Å². The predicted octanol–water partition coefficient (Wildman–Crippen LogP) is 4.41. The summed E-state index contributed by atoms with van der Waals surface area (Å²) in [5, 5.41) is 6.38. The maximum absolute atomic E-state index is 4.97. The summed E-state index contributed by atoms with van der Waals surface area (Å²) < 4.78 is 4.24. The molecule has 0 radical (unpaired) electrons. The zero-order valence-electron chi connectivity index (χ0n) is 19.6. The van der Waals surface area contributed by atoms with Crippen LogP contribution in [0.3, 0.4) is 0 Å². The Morgan fingerprint density at radius 3 is 1.44 bits per heavy atom. The van der Waals surface area contributed by atoms with E-state index >= 15 is 0 Å². The molecule has 0 atom stereocenters. The van der Waals surface area contributed by atoms with Crippen LogP contribution in [0.15, 0.2) is 127 Å². The van der Waals surface area contributed by atoms with Gasteiger partial charge in [-0.05, 0) is 60.8 Å².